The summed E-state index contributed by atoms with van der Waals surface area (Å²) in [4.78, 5) is 27.3. The first-order valence-corrected chi connectivity index (χ1v) is 10.7. The minimum Gasteiger partial charge on any atom is -0.440 e. The predicted octanol–water partition coefficient (Wildman–Crippen LogP) is 5.33. The summed E-state index contributed by atoms with van der Waals surface area (Å²) in [6, 6.07) is 11.6. The Morgan fingerprint density at radius 1 is 1.22 bits per heavy atom. The van der Waals surface area contributed by atoms with Gasteiger partial charge in [0.25, 0.3) is 0 Å². The molecule has 1 saturated heterocycles. The van der Waals surface area contributed by atoms with Gasteiger partial charge in [0.15, 0.2) is 17.3 Å². The van der Waals surface area contributed by atoms with Crippen molar-refractivity contribution >= 4 is 29.1 Å². The molecule has 0 saturated carbocycles. The zero-order chi connectivity index (χ0) is 22.3. The summed E-state index contributed by atoms with van der Waals surface area (Å²) in [6.45, 7) is 2.44. The number of hydrogen-bond donors (Lipinski definition) is 0. The molecule has 0 unspecified atom stereocenters. The second kappa shape index (κ2) is 7.98. The van der Waals surface area contributed by atoms with Gasteiger partial charge in [0.2, 0.25) is 6.41 Å². The van der Waals surface area contributed by atoms with Gasteiger partial charge in [-0.1, -0.05) is 11.6 Å². The van der Waals surface area contributed by atoms with Crippen LogP contribution in [-0.4, -0.2) is 32.8 Å². The second-order valence-electron chi connectivity index (χ2n) is 8.19. The van der Waals surface area contributed by atoms with Crippen molar-refractivity contribution in [3.05, 3.63) is 77.2 Å². The maximum absolute atomic E-state index is 13.5. The van der Waals surface area contributed by atoms with E-state index in [1.54, 1.807) is 35.5 Å². The molecule has 3 heterocycles. The Kier molecular flexibility index (Phi) is 5.13. The number of hydrogen-bond acceptors (Lipinski definition) is 5. The number of amides is 1. The lowest BCUT2D eigenvalue weighted by Crippen LogP contribution is -2.49. The number of aromatic nitrogens is 3. The highest BCUT2D eigenvalue weighted by atomic mass is 35.5. The van der Waals surface area contributed by atoms with E-state index in [0.717, 1.165) is 24.0 Å². The van der Waals surface area contributed by atoms with Crippen molar-refractivity contribution in [3.8, 4) is 11.4 Å². The predicted molar refractivity (Wildman–Crippen MR) is 119 cm³/mol. The summed E-state index contributed by atoms with van der Waals surface area (Å²) in [6.07, 6.45) is 5.62. The highest BCUT2D eigenvalue weighted by Gasteiger charge is 2.42. The summed E-state index contributed by atoms with van der Waals surface area (Å²) in [7, 11) is 0. The van der Waals surface area contributed by atoms with Crippen LogP contribution < -0.4 is 0 Å². The molecule has 0 bridgehead atoms. The van der Waals surface area contributed by atoms with Crippen LogP contribution in [0.2, 0.25) is 5.02 Å². The van der Waals surface area contributed by atoms with E-state index in [4.69, 9.17) is 16.0 Å². The molecule has 6 nitrogen and oxygen atoms in total. The molecule has 5 rings (SSSR count). The number of nitrogens with zero attached hydrogens (tertiary/aromatic N) is 4. The molecule has 1 aliphatic rings. The normalized spacial score (nSPS) is 21.1. The summed E-state index contributed by atoms with van der Waals surface area (Å²) in [5.41, 5.74) is 2.12. The number of carbonyl (C=O) groups excluding carboxylic acids is 1. The van der Waals surface area contributed by atoms with Crippen molar-refractivity contribution in [1.29, 1.82) is 0 Å². The van der Waals surface area contributed by atoms with Crippen LogP contribution in [0.5, 0.6) is 0 Å². The maximum atomic E-state index is 13.5. The van der Waals surface area contributed by atoms with Gasteiger partial charge in [-0.3, -0.25) is 4.79 Å². The fourth-order valence-electron chi connectivity index (χ4n) is 4.47. The van der Waals surface area contributed by atoms with Crippen molar-refractivity contribution in [2.45, 2.75) is 31.2 Å². The fraction of sp³-hybridized carbons (Fsp3) is 0.250. The zero-order valence-electron chi connectivity index (χ0n) is 17.3. The van der Waals surface area contributed by atoms with E-state index >= 15 is 0 Å². The second-order valence-corrected chi connectivity index (χ2v) is 8.63. The molecular weight excluding hydrogens is 431 g/mol. The lowest BCUT2D eigenvalue weighted by Gasteiger charge is -2.46. The van der Waals surface area contributed by atoms with E-state index in [1.165, 1.54) is 12.1 Å². The van der Waals surface area contributed by atoms with E-state index in [2.05, 4.69) is 15.0 Å². The van der Waals surface area contributed by atoms with Crippen LogP contribution in [0.15, 0.2) is 59.3 Å². The molecule has 0 N–H and O–H groups in total. The van der Waals surface area contributed by atoms with Gasteiger partial charge in [-0.05, 0) is 61.7 Å². The number of oxazole rings is 1. The van der Waals surface area contributed by atoms with E-state index in [0.29, 0.717) is 40.8 Å². The van der Waals surface area contributed by atoms with Gasteiger partial charge in [0.1, 0.15) is 11.3 Å². The van der Waals surface area contributed by atoms with Crippen molar-refractivity contribution in [2.24, 2.45) is 0 Å². The Morgan fingerprint density at radius 3 is 2.81 bits per heavy atom. The van der Waals surface area contributed by atoms with E-state index in [1.807, 2.05) is 19.1 Å². The molecule has 2 aromatic carbocycles. The minimum atomic E-state index is -0.615. The molecular formula is C24H20ClFN4O2. The number of benzene rings is 2. The number of fused-ring (bicyclic) bond motifs is 1. The van der Waals surface area contributed by atoms with Crippen LogP contribution in [0.4, 0.5) is 4.39 Å². The molecule has 32 heavy (non-hydrogen) atoms. The molecule has 0 aliphatic carbocycles. The third-order valence-electron chi connectivity index (χ3n) is 6.24. The van der Waals surface area contributed by atoms with Crippen molar-refractivity contribution in [2.75, 3.05) is 6.54 Å². The van der Waals surface area contributed by atoms with Crippen molar-refractivity contribution < 1.29 is 13.6 Å². The largest absolute Gasteiger partial charge is 0.440 e. The maximum Gasteiger partial charge on any atom is 0.210 e. The molecule has 4 aromatic rings. The Balaban J connectivity index is 1.51. The third kappa shape index (κ3) is 3.52. The van der Waals surface area contributed by atoms with Crippen LogP contribution in [0.25, 0.3) is 22.5 Å². The fourth-order valence-corrected chi connectivity index (χ4v) is 4.64. The average Bonchev–Trinajstić information content (AvgIpc) is 3.23. The molecule has 162 valence electrons. The molecule has 1 fully saturated rings. The van der Waals surface area contributed by atoms with Crippen LogP contribution in [-0.2, 0) is 10.3 Å². The molecule has 2 atom stereocenters. The Bertz CT molecular complexity index is 1300. The Morgan fingerprint density at radius 2 is 2.03 bits per heavy atom. The first-order valence-electron chi connectivity index (χ1n) is 10.3. The van der Waals surface area contributed by atoms with Crippen LogP contribution in [0.1, 0.15) is 37.1 Å². The number of piperidine rings is 1. The third-order valence-corrected chi connectivity index (χ3v) is 6.48. The van der Waals surface area contributed by atoms with Gasteiger partial charge in [-0.25, -0.2) is 19.3 Å². The summed E-state index contributed by atoms with van der Waals surface area (Å²) in [5.74, 6) is 0.630. The zero-order valence-corrected chi connectivity index (χ0v) is 18.1. The number of likely N-dealkylation sites (tertiary alicyclic amines) is 1. The minimum absolute atomic E-state index is 0.0978. The first kappa shape index (κ1) is 20.6. The van der Waals surface area contributed by atoms with Crippen LogP contribution >= 0.6 is 11.6 Å². The molecule has 0 radical (unpaired) electrons. The molecule has 0 spiro atoms. The van der Waals surface area contributed by atoms with Gasteiger partial charge in [-0.2, -0.15) is 0 Å². The highest BCUT2D eigenvalue weighted by Crippen LogP contribution is 2.45. The summed E-state index contributed by atoms with van der Waals surface area (Å²) in [5, 5.41) is 0.579. The molecule has 2 aromatic heterocycles. The Labute approximate surface area is 189 Å². The van der Waals surface area contributed by atoms with Gasteiger partial charge >= 0.3 is 0 Å². The number of carbonyl (C=O) groups is 1. The van der Waals surface area contributed by atoms with Crippen molar-refractivity contribution in [3.63, 3.8) is 0 Å². The topological polar surface area (TPSA) is 72.1 Å². The van der Waals surface area contributed by atoms with E-state index < -0.39 is 5.54 Å². The van der Waals surface area contributed by atoms with Gasteiger partial charge in [0.05, 0.1) is 11.5 Å². The average molecular weight is 451 g/mol. The monoisotopic (exact) mass is 450 g/mol. The standard InChI is InChI=1S/C24H20ClFN4O2/c1-24(19-11-16(25)3-5-18(19)22-27-9-2-10-28-22)8-7-15(13-30(24)14-31)23-29-20-12-17(26)4-6-21(20)32-23/h2-6,9-12,14-15H,7-8,13H2,1H3/t15-,24-/m1/s1. The van der Waals surface area contributed by atoms with Gasteiger partial charge in [-0.15, -0.1) is 0 Å². The van der Waals surface area contributed by atoms with Crippen LogP contribution in [0.3, 0.4) is 0 Å². The summed E-state index contributed by atoms with van der Waals surface area (Å²) < 4.78 is 19.4. The quantitative estimate of drug-likeness (QED) is 0.393. The summed E-state index contributed by atoms with van der Waals surface area (Å²) >= 11 is 6.36. The first-order chi connectivity index (χ1) is 15.5. The highest BCUT2D eigenvalue weighted by molar-refractivity contribution is 6.30. The van der Waals surface area contributed by atoms with Gasteiger partial charge in [0, 0.05) is 35.6 Å². The number of halogens is 2. The Hall–Kier alpha value is -3.32. The smallest absolute Gasteiger partial charge is 0.210 e. The van der Waals surface area contributed by atoms with Gasteiger partial charge < -0.3 is 9.32 Å². The van der Waals surface area contributed by atoms with E-state index in [-0.39, 0.29) is 11.7 Å². The number of rotatable bonds is 4. The molecule has 8 heteroatoms. The SMILES string of the molecule is C[C@]1(c2cc(Cl)ccc2-c2ncccn2)CC[C@@H](c2nc3cc(F)ccc3o2)CN1C=O. The lowest BCUT2D eigenvalue weighted by molar-refractivity contribution is -0.126. The van der Waals surface area contributed by atoms with E-state index in [9.17, 15) is 9.18 Å². The molecule has 1 amide bonds. The van der Waals surface area contributed by atoms with Crippen LogP contribution in [0, 0.1) is 5.82 Å². The molecule has 1 aliphatic heterocycles. The van der Waals surface area contributed by atoms with Crippen molar-refractivity contribution in [1.82, 2.24) is 19.9 Å². The lowest BCUT2D eigenvalue weighted by atomic mass is 9.77.